The Morgan fingerprint density at radius 1 is 0.708 bits per heavy atom. The second-order valence-corrected chi connectivity index (χ2v) is 5.36. The van der Waals surface area contributed by atoms with Crippen molar-refractivity contribution in [2.24, 2.45) is 0 Å². The van der Waals surface area contributed by atoms with Gasteiger partial charge in [0.2, 0.25) is 0 Å². The van der Waals surface area contributed by atoms with Crippen LogP contribution < -0.4 is 10.6 Å². The van der Waals surface area contributed by atoms with Crippen LogP contribution in [-0.2, 0) is 0 Å². The highest BCUT2D eigenvalue weighted by molar-refractivity contribution is 5.92. The second-order valence-electron chi connectivity index (χ2n) is 5.36. The quantitative estimate of drug-likeness (QED) is 0.692. The summed E-state index contributed by atoms with van der Waals surface area (Å²) >= 11 is 0. The van der Waals surface area contributed by atoms with Crippen molar-refractivity contribution in [3.63, 3.8) is 0 Å². The maximum atomic E-state index is 11.8. The minimum atomic E-state index is -0.141. The van der Waals surface area contributed by atoms with E-state index in [0.717, 1.165) is 25.7 Å². The van der Waals surface area contributed by atoms with Crippen LogP contribution in [0.3, 0.4) is 0 Å². The van der Waals surface area contributed by atoms with E-state index in [0.29, 0.717) is 24.5 Å². The number of nitrogens with one attached hydrogen (secondary N) is 2. The molecule has 0 unspecified atom stereocenters. The summed E-state index contributed by atoms with van der Waals surface area (Å²) in [4.78, 5) is 31.5. The lowest BCUT2D eigenvalue weighted by molar-refractivity contribution is 0.0938. The third kappa shape index (κ3) is 6.16. The molecule has 0 aliphatic rings. The Hall–Kier alpha value is -2.76. The van der Waals surface area contributed by atoms with Gasteiger partial charge in [0, 0.05) is 25.5 Å². The topological polar surface area (TPSA) is 84.0 Å². The first-order valence-corrected chi connectivity index (χ1v) is 8.16. The van der Waals surface area contributed by atoms with Gasteiger partial charge in [0.15, 0.2) is 0 Å². The van der Waals surface area contributed by atoms with E-state index in [-0.39, 0.29) is 11.8 Å². The van der Waals surface area contributed by atoms with E-state index in [9.17, 15) is 9.59 Å². The zero-order chi connectivity index (χ0) is 17.0. The molecule has 2 rings (SSSR count). The Morgan fingerprint density at radius 2 is 1.17 bits per heavy atom. The lowest BCUT2D eigenvalue weighted by Crippen LogP contribution is -2.26. The van der Waals surface area contributed by atoms with Crippen LogP contribution in [-0.4, -0.2) is 34.9 Å². The molecular weight excluding hydrogens is 304 g/mol. The maximum Gasteiger partial charge on any atom is 0.269 e. The number of carbonyl (C=O) groups excluding carboxylic acids is 2. The standard InChI is InChI=1S/C18H22N4O2/c23-17(15-9-3-7-11-19-15)21-13-5-1-2-6-14-22-18(24)16-10-4-8-12-20-16/h3-4,7-12H,1-2,5-6,13-14H2,(H,21,23)(H,22,24). The summed E-state index contributed by atoms with van der Waals surface area (Å²) in [6.07, 6.45) is 7.03. The molecule has 0 saturated carbocycles. The average molecular weight is 326 g/mol. The second kappa shape index (κ2) is 10.1. The van der Waals surface area contributed by atoms with Crippen LogP contribution in [0.4, 0.5) is 0 Å². The highest BCUT2D eigenvalue weighted by Crippen LogP contribution is 2.00. The number of amides is 2. The SMILES string of the molecule is O=C(NCCCCCCNC(=O)c1ccccn1)c1ccccn1. The summed E-state index contributed by atoms with van der Waals surface area (Å²) in [7, 11) is 0. The molecule has 0 fully saturated rings. The highest BCUT2D eigenvalue weighted by atomic mass is 16.2. The van der Waals surface area contributed by atoms with Crippen molar-refractivity contribution in [1.29, 1.82) is 0 Å². The number of rotatable bonds is 9. The first-order valence-electron chi connectivity index (χ1n) is 8.16. The summed E-state index contributed by atoms with van der Waals surface area (Å²) in [5.74, 6) is -0.281. The van der Waals surface area contributed by atoms with Gasteiger partial charge >= 0.3 is 0 Å². The van der Waals surface area contributed by atoms with Gasteiger partial charge in [-0.25, -0.2) is 0 Å². The van der Waals surface area contributed by atoms with E-state index in [1.54, 1.807) is 48.8 Å². The van der Waals surface area contributed by atoms with Crippen LogP contribution in [0.25, 0.3) is 0 Å². The Bertz CT molecular complexity index is 574. The van der Waals surface area contributed by atoms with Crippen LogP contribution in [0, 0.1) is 0 Å². The number of hydrogen-bond acceptors (Lipinski definition) is 4. The first-order chi connectivity index (χ1) is 11.8. The predicted octanol–water partition coefficient (Wildman–Crippen LogP) is 2.20. The molecule has 0 bridgehead atoms. The average Bonchev–Trinajstić information content (AvgIpc) is 2.65. The van der Waals surface area contributed by atoms with Crippen molar-refractivity contribution in [1.82, 2.24) is 20.6 Å². The summed E-state index contributed by atoms with van der Waals surface area (Å²) in [6, 6.07) is 10.5. The molecule has 0 aromatic carbocycles. The summed E-state index contributed by atoms with van der Waals surface area (Å²) < 4.78 is 0. The van der Waals surface area contributed by atoms with Gasteiger partial charge in [-0.05, 0) is 37.1 Å². The zero-order valence-electron chi connectivity index (χ0n) is 13.6. The van der Waals surface area contributed by atoms with Crippen LogP contribution in [0.2, 0.25) is 0 Å². The molecule has 2 amide bonds. The van der Waals surface area contributed by atoms with E-state index >= 15 is 0 Å². The molecule has 0 aliphatic heterocycles. The van der Waals surface area contributed by atoms with Crippen molar-refractivity contribution >= 4 is 11.8 Å². The largest absolute Gasteiger partial charge is 0.351 e. The highest BCUT2D eigenvalue weighted by Gasteiger charge is 2.05. The number of nitrogens with zero attached hydrogens (tertiary/aromatic N) is 2. The molecule has 0 aliphatic carbocycles. The Labute approximate surface area is 141 Å². The van der Waals surface area contributed by atoms with Crippen LogP contribution >= 0.6 is 0 Å². The van der Waals surface area contributed by atoms with Gasteiger partial charge in [0.05, 0.1) is 0 Å². The monoisotopic (exact) mass is 326 g/mol. The normalized spacial score (nSPS) is 10.2. The fourth-order valence-electron chi connectivity index (χ4n) is 2.18. The van der Waals surface area contributed by atoms with Crippen LogP contribution in [0.15, 0.2) is 48.8 Å². The zero-order valence-corrected chi connectivity index (χ0v) is 13.6. The predicted molar refractivity (Wildman–Crippen MR) is 91.6 cm³/mol. The fourth-order valence-corrected chi connectivity index (χ4v) is 2.18. The minimum absolute atomic E-state index is 0.141. The molecule has 2 aromatic rings. The number of aromatic nitrogens is 2. The molecular formula is C18H22N4O2. The van der Waals surface area contributed by atoms with Gasteiger partial charge in [0.1, 0.15) is 11.4 Å². The van der Waals surface area contributed by atoms with E-state index in [1.165, 1.54) is 0 Å². The molecule has 2 N–H and O–H groups in total. The van der Waals surface area contributed by atoms with Gasteiger partial charge in [-0.2, -0.15) is 0 Å². The third-order valence-corrected chi connectivity index (χ3v) is 3.47. The molecule has 2 aromatic heterocycles. The summed E-state index contributed by atoms with van der Waals surface area (Å²) in [5.41, 5.74) is 0.879. The van der Waals surface area contributed by atoms with E-state index in [4.69, 9.17) is 0 Å². The van der Waals surface area contributed by atoms with Crippen molar-refractivity contribution in [2.75, 3.05) is 13.1 Å². The summed E-state index contributed by atoms with van der Waals surface area (Å²) in [5, 5.41) is 5.70. The van der Waals surface area contributed by atoms with Gasteiger partial charge in [-0.3, -0.25) is 19.6 Å². The first kappa shape index (κ1) is 17.6. The Morgan fingerprint density at radius 3 is 1.54 bits per heavy atom. The van der Waals surface area contributed by atoms with Crippen molar-refractivity contribution < 1.29 is 9.59 Å². The molecule has 0 spiro atoms. The number of carbonyl (C=O) groups is 2. The smallest absolute Gasteiger partial charge is 0.269 e. The Balaban J connectivity index is 1.48. The van der Waals surface area contributed by atoms with Crippen molar-refractivity contribution in [3.8, 4) is 0 Å². The molecule has 6 heteroatoms. The molecule has 2 heterocycles. The Kier molecular flexibility index (Phi) is 7.40. The van der Waals surface area contributed by atoms with E-state index < -0.39 is 0 Å². The van der Waals surface area contributed by atoms with E-state index in [1.807, 2.05) is 0 Å². The maximum absolute atomic E-state index is 11.8. The van der Waals surface area contributed by atoms with Crippen molar-refractivity contribution in [3.05, 3.63) is 60.2 Å². The number of pyridine rings is 2. The molecule has 0 saturated heterocycles. The minimum Gasteiger partial charge on any atom is -0.351 e. The summed E-state index contributed by atoms with van der Waals surface area (Å²) in [6.45, 7) is 1.27. The molecule has 24 heavy (non-hydrogen) atoms. The number of hydrogen-bond donors (Lipinski definition) is 2. The molecule has 126 valence electrons. The van der Waals surface area contributed by atoms with Gasteiger partial charge in [-0.15, -0.1) is 0 Å². The van der Waals surface area contributed by atoms with E-state index in [2.05, 4.69) is 20.6 Å². The lowest BCUT2D eigenvalue weighted by atomic mass is 10.2. The third-order valence-electron chi connectivity index (χ3n) is 3.47. The number of unbranched alkanes of at least 4 members (excludes halogenated alkanes) is 3. The molecule has 0 atom stereocenters. The van der Waals surface area contributed by atoms with Gasteiger partial charge in [0.25, 0.3) is 11.8 Å². The van der Waals surface area contributed by atoms with Gasteiger partial charge < -0.3 is 10.6 Å². The fraction of sp³-hybridized carbons (Fsp3) is 0.333. The van der Waals surface area contributed by atoms with Crippen LogP contribution in [0.5, 0.6) is 0 Å². The molecule has 0 radical (unpaired) electrons. The molecule has 6 nitrogen and oxygen atoms in total. The lowest BCUT2D eigenvalue weighted by Gasteiger charge is -2.06. The van der Waals surface area contributed by atoms with Crippen molar-refractivity contribution in [2.45, 2.75) is 25.7 Å². The van der Waals surface area contributed by atoms with Gasteiger partial charge in [-0.1, -0.05) is 25.0 Å². The van der Waals surface area contributed by atoms with Crippen LogP contribution in [0.1, 0.15) is 46.7 Å².